The maximum absolute atomic E-state index is 11.2. The minimum Gasteiger partial charge on any atom is -0.479 e. The first-order valence-electron chi connectivity index (χ1n) is 12.9. The molecule has 10 atom stereocenters. The molecule has 14 heteroatoms. The predicted molar refractivity (Wildman–Crippen MR) is 139 cm³/mol. The molecule has 6 N–H and O–H groups in total. The summed E-state index contributed by atoms with van der Waals surface area (Å²) in [7, 11) is 0. The smallest absolute Gasteiger partial charge is 0.335 e. The largest absolute Gasteiger partial charge is 0.479 e. The van der Waals surface area contributed by atoms with Gasteiger partial charge in [-0.3, -0.25) is 0 Å². The normalized spacial score (nSPS) is 34.1. The number of carbonyl (C=O) groups is 2. The van der Waals surface area contributed by atoms with Gasteiger partial charge in [0.2, 0.25) is 0 Å². The number of aliphatic hydroxyl groups is 4. The second-order valence-electron chi connectivity index (χ2n) is 10.2. The van der Waals surface area contributed by atoms with E-state index >= 15 is 0 Å². The monoisotopic (exact) mass is 582 g/mol. The molecule has 0 spiro atoms. The van der Waals surface area contributed by atoms with Crippen LogP contribution in [0.2, 0.25) is 0 Å². The van der Waals surface area contributed by atoms with Crippen LogP contribution in [0.1, 0.15) is 55.4 Å². The number of hydrogen-bond donors (Lipinski definition) is 6. The molecule has 0 bridgehead atoms. The lowest BCUT2D eigenvalue weighted by Gasteiger charge is -2.41. The van der Waals surface area contributed by atoms with E-state index in [0.717, 1.165) is 0 Å². The van der Waals surface area contributed by atoms with Gasteiger partial charge < -0.3 is 59.1 Å². The minimum absolute atomic E-state index is 0.274. The van der Waals surface area contributed by atoms with E-state index in [1.807, 2.05) is 0 Å². The molecule has 0 aromatic heterocycles. The van der Waals surface area contributed by atoms with Gasteiger partial charge in [0.1, 0.15) is 36.6 Å². The van der Waals surface area contributed by atoms with Crippen LogP contribution in [-0.4, -0.2) is 128 Å². The summed E-state index contributed by atoms with van der Waals surface area (Å²) in [5.41, 5.74) is 0. The lowest BCUT2D eigenvalue weighted by atomic mass is 9.98. The number of carboxylic acid groups (broad SMARTS) is 2. The van der Waals surface area contributed by atoms with Crippen molar-refractivity contribution in [1.29, 1.82) is 0 Å². The van der Waals surface area contributed by atoms with Crippen LogP contribution in [0.25, 0.3) is 0 Å². The van der Waals surface area contributed by atoms with Gasteiger partial charge in [-0.25, -0.2) is 9.59 Å². The Kier molecular flexibility index (Phi) is 17.0. The summed E-state index contributed by atoms with van der Waals surface area (Å²) < 4.78 is 31.6. The van der Waals surface area contributed by atoms with Crippen LogP contribution >= 0.6 is 0 Å². The molecule has 2 rings (SSSR count). The number of hydrogen-bond acceptors (Lipinski definition) is 12. The number of carboxylic acids is 2. The van der Waals surface area contributed by atoms with Gasteiger partial charge in [0, 0.05) is 0 Å². The van der Waals surface area contributed by atoms with Gasteiger partial charge in [0.15, 0.2) is 24.8 Å². The Balaban J connectivity index is 0.000000716. The van der Waals surface area contributed by atoms with Gasteiger partial charge in [0.25, 0.3) is 0 Å². The molecule has 2 saturated heterocycles. The highest BCUT2D eigenvalue weighted by atomic mass is 16.7. The third-order valence-electron chi connectivity index (χ3n) is 5.25. The fourth-order valence-electron chi connectivity index (χ4n) is 3.77. The van der Waals surface area contributed by atoms with Crippen LogP contribution in [0.5, 0.6) is 0 Å². The van der Waals surface area contributed by atoms with Crippen LogP contribution in [0.15, 0.2) is 0 Å². The molecular weight excluding hydrogens is 536 g/mol. The SMILES string of the molecule is C#C.CC(C)OC1OC(C(=O)O)C(OC(C)C)C(O)C1O.CC(C)OC1O[C@@H](C(=O)O)[C@@H](OC(C)C)[C@H](O)[C@@H]1O. The Labute approximate surface area is 235 Å². The van der Waals surface area contributed by atoms with Gasteiger partial charge in [0.05, 0.1) is 24.4 Å². The molecule has 40 heavy (non-hydrogen) atoms. The van der Waals surface area contributed by atoms with E-state index in [1.54, 1.807) is 55.4 Å². The van der Waals surface area contributed by atoms with Crippen LogP contribution < -0.4 is 0 Å². The molecule has 0 radical (unpaired) electrons. The second-order valence-corrected chi connectivity index (χ2v) is 10.2. The van der Waals surface area contributed by atoms with E-state index in [9.17, 15) is 30.0 Å². The highest BCUT2D eigenvalue weighted by molar-refractivity contribution is 5.74. The third kappa shape index (κ3) is 11.5. The molecular formula is C26H46O14. The summed E-state index contributed by atoms with van der Waals surface area (Å²) in [6.07, 6.45) is -6.09. The molecule has 14 nitrogen and oxygen atoms in total. The van der Waals surface area contributed by atoms with Gasteiger partial charge in [-0.1, -0.05) is 0 Å². The molecule has 234 valence electrons. The van der Waals surface area contributed by atoms with E-state index in [-0.39, 0.29) is 24.4 Å². The fourth-order valence-corrected chi connectivity index (χ4v) is 3.77. The fraction of sp³-hybridized carbons (Fsp3) is 0.846. The Morgan fingerprint density at radius 1 is 0.550 bits per heavy atom. The molecule has 2 heterocycles. The summed E-state index contributed by atoms with van der Waals surface area (Å²) in [5, 5.41) is 58.0. The van der Waals surface area contributed by atoms with Gasteiger partial charge in [-0.2, -0.15) is 0 Å². The first-order valence-corrected chi connectivity index (χ1v) is 12.9. The molecule has 0 amide bonds. The van der Waals surface area contributed by atoms with E-state index < -0.39 is 73.4 Å². The quantitative estimate of drug-likeness (QED) is 0.183. The molecule has 2 aliphatic rings. The van der Waals surface area contributed by atoms with Crippen molar-refractivity contribution >= 4 is 11.9 Å². The highest BCUT2D eigenvalue weighted by Gasteiger charge is 2.50. The molecule has 0 aliphatic carbocycles. The van der Waals surface area contributed by atoms with Crippen molar-refractivity contribution in [2.75, 3.05) is 0 Å². The zero-order valence-corrected chi connectivity index (χ0v) is 24.2. The summed E-state index contributed by atoms with van der Waals surface area (Å²) in [4.78, 5) is 22.4. The van der Waals surface area contributed by atoms with Crippen molar-refractivity contribution in [2.24, 2.45) is 0 Å². The van der Waals surface area contributed by atoms with Crippen molar-refractivity contribution in [1.82, 2.24) is 0 Å². The lowest BCUT2D eigenvalue weighted by molar-refractivity contribution is -0.310. The maximum Gasteiger partial charge on any atom is 0.335 e. The number of rotatable bonds is 10. The van der Waals surface area contributed by atoms with Crippen molar-refractivity contribution in [3.8, 4) is 12.8 Å². The molecule has 2 fully saturated rings. The van der Waals surface area contributed by atoms with Gasteiger partial charge in [-0.15, -0.1) is 12.8 Å². The summed E-state index contributed by atoms with van der Waals surface area (Å²) in [6.45, 7) is 13.7. The first kappa shape index (κ1) is 38.1. The summed E-state index contributed by atoms with van der Waals surface area (Å²) in [5.74, 6) is -2.54. The highest BCUT2D eigenvalue weighted by Crippen LogP contribution is 2.27. The molecule has 2 aliphatic heterocycles. The molecule has 0 aromatic carbocycles. The summed E-state index contributed by atoms with van der Waals surface area (Å²) in [6, 6.07) is 0. The first-order chi connectivity index (χ1) is 18.5. The number of ether oxygens (including phenoxy) is 6. The number of aliphatic hydroxyl groups excluding tert-OH is 4. The van der Waals surface area contributed by atoms with Gasteiger partial charge in [-0.05, 0) is 55.4 Å². The van der Waals surface area contributed by atoms with E-state index in [4.69, 9.17) is 38.6 Å². The maximum atomic E-state index is 11.2. The Bertz CT molecular complexity index is 710. The predicted octanol–water partition coefficient (Wildman–Crippen LogP) is -0.278. The van der Waals surface area contributed by atoms with Crippen molar-refractivity contribution < 1.29 is 68.6 Å². The minimum atomic E-state index is -1.39. The topological polar surface area (TPSA) is 211 Å². The van der Waals surface area contributed by atoms with Crippen molar-refractivity contribution in [3.05, 3.63) is 0 Å². The Morgan fingerprint density at radius 3 is 1.00 bits per heavy atom. The molecule has 6 unspecified atom stereocenters. The summed E-state index contributed by atoms with van der Waals surface area (Å²) >= 11 is 0. The van der Waals surface area contributed by atoms with Crippen LogP contribution in [-0.2, 0) is 38.0 Å². The number of terminal acetylenes is 1. The average molecular weight is 583 g/mol. The zero-order valence-electron chi connectivity index (χ0n) is 24.2. The van der Waals surface area contributed by atoms with Crippen LogP contribution in [0.3, 0.4) is 0 Å². The standard InChI is InChI=1S/2C12H22O7.C2H2/c2*1-5(2)17-9-7(13)8(14)12(18-6(3)4)19-10(9)11(15)16;1-2/h2*5-10,12-14H,1-4H3,(H,15,16);1-2H/t7-,8+,9+,10-,12?;;/m1../s1. The number of aliphatic carboxylic acids is 2. The van der Waals surface area contributed by atoms with Gasteiger partial charge >= 0.3 is 11.9 Å². The Morgan fingerprint density at radius 2 is 0.800 bits per heavy atom. The molecule has 0 aromatic rings. The molecule has 0 saturated carbocycles. The second kappa shape index (κ2) is 17.8. The lowest BCUT2D eigenvalue weighted by Crippen LogP contribution is -2.61. The van der Waals surface area contributed by atoms with E-state index in [1.165, 1.54) is 0 Å². The Hall–Kier alpha value is -1.90. The van der Waals surface area contributed by atoms with Crippen LogP contribution in [0.4, 0.5) is 0 Å². The zero-order chi connectivity index (χ0) is 31.5. The van der Waals surface area contributed by atoms with Crippen LogP contribution in [0, 0.1) is 12.8 Å². The van der Waals surface area contributed by atoms with E-state index in [2.05, 4.69) is 12.8 Å². The third-order valence-corrected chi connectivity index (χ3v) is 5.25. The van der Waals surface area contributed by atoms with Crippen molar-refractivity contribution in [2.45, 2.75) is 141 Å². The average Bonchev–Trinajstić information content (AvgIpc) is 2.83. The van der Waals surface area contributed by atoms with Crippen molar-refractivity contribution in [3.63, 3.8) is 0 Å². The van der Waals surface area contributed by atoms with E-state index in [0.29, 0.717) is 0 Å².